The van der Waals surface area contributed by atoms with Crippen molar-refractivity contribution in [3.05, 3.63) is 130 Å². The molecule has 1 unspecified atom stereocenters. The first-order valence-corrected chi connectivity index (χ1v) is 15.4. The van der Waals surface area contributed by atoms with Gasteiger partial charge in [0.25, 0.3) is 10.0 Å². The quantitative estimate of drug-likeness (QED) is 0.226. The summed E-state index contributed by atoms with van der Waals surface area (Å²) in [5.41, 5.74) is 2.55. The second kappa shape index (κ2) is 13.9. The Hall–Kier alpha value is -3.85. The fourth-order valence-corrected chi connectivity index (χ4v) is 6.48. The molecule has 4 aromatic carbocycles. The van der Waals surface area contributed by atoms with Crippen LogP contribution in [-0.2, 0) is 32.6 Å². The van der Waals surface area contributed by atoms with E-state index in [1.54, 1.807) is 54.6 Å². The van der Waals surface area contributed by atoms with Crippen LogP contribution in [0, 0.1) is 6.92 Å². The highest BCUT2D eigenvalue weighted by Crippen LogP contribution is 2.27. The first-order chi connectivity index (χ1) is 20.1. The van der Waals surface area contributed by atoms with Gasteiger partial charge in [0.05, 0.1) is 10.6 Å². The van der Waals surface area contributed by atoms with Crippen LogP contribution in [0.5, 0.6) is 0 Å². The highest BCUT2D eigenvalue weighted by Gasteiger charge is 2.34. The Balaban J connectivity index is 1.80. The van der Waals surface area contributed by atoms with Crippen molar-refractivity contribution in [1.29, 1.82) is 0 Å². The molecule has 0 aliphatic heterocycles. The van der Waals surface area contributed by atoms with E-state index in [0.717, 1.165) is 15.4 Å². The molecular weight excluding hydrogens is 593 g/mol. The smallest absolute Gasteiger partial charge is 0.264 e. The monoisotopic (exact) mass is 623 g/mol. The molecule has 0 aromatic heterocycles. The van der Waals surface area contributed by atoms with E-state index in [2.05, 4.69) is 5.32 Å². The number of hydrogen-bond acceptors (Lipinski definition) is 4. The van der Waals surface area contributed by atoms with Gasteiger partial charge in [0.1, 0.15) is 12.6 Å². The maximum absolute atomic E-state index is 14.3. The van der Waals surface area contributed by atoms with E-state index >= 15 is 0 Å². The van der Waals surface area contributed by atoms with Crippen molar-refractivity contribution in [3.63, 3.8) is 0 Å². The Labute approximate surface area is 256 Å². The summed E-state index contributed by atoms with van der Waals surface area (Å²) >= 11 is 12.6. The number of carbonyl (C=O) groups excluding carboxylic acids is 2. The summed E-state index contributed by atoms with van der Waals surface area (Å²) < 4.78 is 29.0. The van der Waals surface area contributed by atoms with Crippen LogP contribution >= 0.6 is 23.2 Å². The van der Waals surface area contributed by atoms with Gasteiger partial charge in [-0.3, -0.25) is 13.9 Å². The molecule has 0 fully saturated rings. The van der Waals surface area contributed by atoms with E-state index in [1.807, 2.05) is 43.3 Å². The summed E-state index contributed by atoms with van der Waals surface area (Å²) in [5, 5.41) is 3.41. The lowest BCUT2D eigenvalue weighted by Crippen LogP contribution is -2.53. The third kappa shape index (κ3) is 7.50. The number of sulfonamides is 1. The summed E-state index contributed by atoms with van der Waals surface area (Å²) in [6, 6.07) is 28.1. The zero-order valence-electron chi connectivity index (χ0n) is 23.2. The molecule has 10 heteroatoms. The van der Waals surface area contributed by atoms with Crippen molar-refractivity contribution in [2.75, 3.05) is 17.9 Å². The molecule has 42 heavy (non-hydrogen) atoms. The predicted molar refractivity (Wildman–Crippen MR) is 167 cm³/mol. The molecule has 2 amide bonds. The maximum Gasteiger partial charge on any atom is 0.264 e. The molecule has 0 saturated carbocycles. The van der Waals surface area contributed by atoms with E-state index in [-0.39, 0.29) is 17.9 Å². The van der Waals surface area contributed by atoms with Gasteiger partial charge in [0.2, 0.25) is 11.8 Å². The highest BCUT2D eigenvalue weighted by molar-refractivity contribution is 7.92. The summed E-state index contributed by atoms with van der Waals surface area (Å²) in [7, 11) is -2.66. The molecule has 0 aliphatic rings. The number of amides is 2. The average Bonchev–Trinajstić information content (AvgIpc) is 2.99. The molecule has 1 N–H and O–H groups in total. The lowest BCUT2D eigenvalue weighted by molar-refractivity contribution is -0.139. The van der Waals surface area contributed by atoms with E-state index in [4.69, 9.17) is 23.2 Å². The van der Waals surface area contributed by atoms with Gasteiger partial charge in [-0.15, -0.1) is 0 Å². The van der Waals surface area contributed by atoms with E-state index in [0.29, 0.717) is 21.3 Å². The topological polar surface area (TPSA) is 86.8 Å². The summed E-state index contributed by atoms with van der Waals surface area (Å²) in [6.07, 6.45) is 0.202. The Morgan fingerprint density at radius 3 is 2.14 bits per heavy atom. The van der Waals surface area contributed by atoms with Crippen molar-refractivity contribution in [3.8, 4) is 0 Å². The number of hydrogen-bond donors (Lipinski definition) is 1. The lowest BCUT2D eigenvalue weighted by Gasteiger charge is -2.33. The number of rotatable bonds is 11. The molecule has 0 spiro atoms. The highest BCUT2D eigenvalue weighted by atomic mass is 35.5. The minimum absolute atomic E-state index is 0.0405. The lowest BCUT2D eigenvalue weighted by atomic mass is 10.0. The van der Waals surface area contributed by atoms with Gasteiger partial charge in [-0.25, -0.2) is 8.42 Å². The van der Waals surface area contributed by atoms with Crippen LogP contribution in [0.2, 0.25) is 10.0 Å². The number of halogens is 2. The van der Waals surface area contributed by atoms with Crippen molar-refractivity contribution in [1.82, 2.24) is 10.2 Å². The van der Waals surface area contributed by atoms with Crippen LogP contribution in [0.1, 0.15) is 16.7 Å². The van der Waals surface area contributed by atoms with Crippen molar-refractivity contribution >= 4 is 50.7 Å². The number of aryl methyl sites for hydroxylation is 1. The number of benzene rings is 4. The first-order valence-electron chi connectivity index (χ1n) is 13.2. The number of nitrogens with one attached hydrogen (secondary N) is 1. The summed E-state index contributed by atoms with van der Waals surface area (Å²) in [4.78, 5) is 29.0. The Bertz CT molecular complexity index is 1650. The van der Waals surface area contributed by atoms with Gasteiger partial charge in [-0.05, 0) is 60.0 Å². The number of nitrogens with zero attached hydrogens (tertiary/aromatic N) is 2. The molecule has 1 atom stereocenters. The van der Waals surface area contributed by atoms with E-state index in [9.17, 15) is 18.0 Å². The van der Waals surface area contributed by atoms with E-state index in [1.165, 1.54) is 24.1 Å². The zero-order valence-corrected chi connectivity index (χ0v) is 25.5. The first kappa shape index (κ1) is 31.1. The second-order valence-electron chi connectivity index (χ2n) is 9.74. The third-order valence-corrected chi connectivity index (χ3v) is 9.15. The molecule has 4 aromatic rings. The van der Waals surface area contributed by atoms with Crippen LogP contribution in [0.15, 0.2) is 108 Å². The summed E-state index contributed by atoms with van der Waals surface area (Å²) in [6.45, 7) is 1.25. The van der Waals surface area contributed by atoms with E-state index < -0.39 is 34.4 Å². The molecule has 0 bridgehead atoms. The Kier molecular flexibility index (Phi) is 10.3. The minimum atomic E-state index is -4.15. The molecule has 218 valence electrons. The standard InChI is InChI=1S/C32H31Cl2N3O4S/c1-23-10-9-13-27(18-23)37(42(40,41)28-14-7-4-8-15-28)22-31(38)36(21-25-16-17-26(33)20-29(25)34)30(32(39)35-2)19-24-11-5-3-6-12-24/h3-18,20,30H,19,21-22H2,1-2H3,(H,35,39). The average molecular weight is 625 g/mol. The predicted octanol–water partition coefficient (Wildman–Crippen LogP) is 5.88. The fraction of sp³-hybridized carbons (Fsp3) is 0.188. The van der Waals surface area contributed by atoms with Gasteiger partial charge in [0, 0.05) is 30.1 Å². The number of anilines is 1. The molecule has 0 saturated heterocycles. The van der Waals surface area contributed by atoms with Crippen LogP contribution in [0.4, 0.5) is 5.69 Å². The molecule has 4 rings (SSSR count). The van der Waals surface area contributed by atoms with Crippen LogP contribution in [0.25, 0.3) is 0 Å². The van der Waals surface area contributed by atoms with Crippen molar-refractivity contribution in [2.45, 2.75) is 30.8 Å². The second-order valence-corrected chi connectivity index (χ2v) is 12.4. The van der Waals surface area contributed by atoms with Gasteiger partial charge in [-0.1, -0.05) is 89.9 Å². The minimum Gasteiger partial charge on any atom is -0.357 e. The molecular formula is C32H31Cl2N3O4S. The van der Waals surface area contributed by atoms with Gasteiger partial charge in [-0.2, -0.15) is 0 Å². The van der Waals surface area contributed by atoms with Crippen molar-refractivity contribution in [2.24, 2.45) is 0 Å². The third-order valence-electron chi connectivity index (χ3n) is 6.77. The van der Waals surface area contributed by atoms with Gasteiger partial charge in [0.15, 0.2) is 0 Å². The Morgan fingerprint density at radius 2 is 1.52 bits per heavy atom. The largest absolute Gasteiger partial charge is 0.357 e. The molecule has 7 nitrogen and oxygen atoms in total. The maximum atomic E-state index is 14.3. The number of likely N-dealkylation sites (N-methyl/N-ethyl adjacent to an activating group) is 1. The van der Waals surface area contributed by atoms with Crippen LogP contribution < -0.4 is 9.62 Å². The fourth-order valence-electron chi connectivity index (χ4n) is 4.59. The normalized spacial score (nSPS) is 11.9. The summed E-state index contributed by atoms with van der Waals surface area (Å²) in [5.74, 6) is -0.975. The Morgan fingerprint density at radius 1 is 0.857 bits per heavy atom. The molecule has 0 aliphatic carbocycles. The molecule has 0 radical (unpaired) electrons. The van der Waals surface area contributed by atoms with Crippen molar-refractivity contribution < 1.29 is 18.0 Å². The molecule has 0 heterocycles. The zero-order chi connectivity index (χ0) is 30.3. The van der Waals surface area contributed by atoms with Crippen LogP contribution in [0.3, 0.4) is 0 Å². The van der Waals surface area contributed by atoms with Gasteiger partial charge >= 0.3 is 0 Å². The van der Waals surface area contributed by atoms with Gasteiger partial charge < -0.3 is 10.2 Å². The SMILES string of the molecule is CNC(=O)C(Cc1ccccc1)N(Cc1ccc(Cl)cc1Cl)C(=O)CN(c1cccc(C)c1)S(=O)(=O)c1ccccc1. The number of carbonyl (C=O) groups is 2. The van der Waals surface area contributed by atoms with Crippen LogP contribution in [-0.4, -0.2) is 44.8 Å².